The molecule has 0 aliphatic rings. The zero-order valence-electron chi connectivity index (χ0n) is 37.2. The molecule has 0 aromatic heterocycles. The van der Waals surface area contributed by atoms with Crippen LogP contribution in [0.15, 0.2) is 36.5 Å². The minimum Gasteiger partial charge on any atom is -0.462 e. The lowest BCUT2D eigenvalue weighted by Gasteiger charge is -2.18. The van der Waals surface area contributed by atoms with Gasteiger partial charge in [0.15, 0.2) is 6.10 Å². The quantitative estimate of drug-likeness (QED) is 0.0265. The lowest BCUT2D eigenvalue weighted by atomic mass is 10.1. The van der Waals surface area contributed by atoms with Crippen LogP contribution in [0, 0.1) is 0 Å². The van der Waals surface area contributed by atoms with Crippen LogP contribution in [0.1, 0.15) is 245 Å². The summed E-state index contributed by atoms with van der Waals surface area (Å²) in [7, 11) is 0. The van der Waals surface area contributed by atoms with E-state index in [9.17, 15) is 14.4 Å². The molecule has 0 heterocycles. The van der Waals surface area contributed by atoms with Crippen molar-refractivity contribution in [1.82, 2.24) is 0 Å². The van der Waals surface area contributed by atoms with Crippen LogP contribution < -0.4 is 0 Å². The first-order chi connectivity index (χ1) is 27.5. The van der Waals surface area contributed by atoms with Crippen LogP contribution in [-0.2, 0) is 28.6 Å². The molecule has 0 spiro atoms. The van der Waals surface area contributed by atoms with Crippen LogP contribution in [0.5, 0.6) is 0 Å². The second-order valence-corrected chi connectivity index (χ2v) is 16.0. The largest absolute Gasteiger partial charge is 0.462 e. The van der Waals surface area contributed by atoms with E-state index in [0.29, 0.717) is 19.3 Å². The Balaban J connectivity index is 4.12. The second-order valence-electron chi connectivity index (χ2n) is 16.0. The molecule has 1 atom stereocenters. The Bertz CT molecular complexity index is 953. The highest BCUT2D eigenvalue weighted by Crippen LogP contribution is 2.14. The van der Waals surface area contributed by atoms with Crippen molar-refractivity contribution < 1.29 is 28.6 Å². The molecule has 0 saturated heterocycles. The molecule has 0 aromatic rings. The van der Waals surface area contributed by atoms with Crippen LogP contribution in [-0.4, -0.2) is 37.2 Å². The summed E-state index contributed by atoms with van der Waals surface area (Å²) in [4.78, 5) is 37.5. The summed E-state index contributed by atoms with van der Waals surface area (Å²) < 4.78 is 16.6. The molecule has 0 rings (SSSR count). The topological polar surface area (TPSA) is 78.9 Å². The molecule has 0 N–H and O–H groups in total. The summed E-state index contributed by atoms with van der Waals surface area (Å²) in [5, 5.41) is 0. The van der Waals surface area contributed by atoms with E-state index in [1.807, 2.05) is 0 Å². The Morgan fingerprint density at radius 1 is 0.357 bits per heavy atom. The molecule has 0 aliphatic carbocycles. The van der Waals surface area contributed by atoms with Gasteiger partial charge in [-0.3, -0.25) is 14.4 Å². The van der Waals surface area contributed by atoms with E-state index in [4.69, 9.17) is 14.2 Å². The zero-order chi connectivity index (χ0) is 40.8. The van der Waals surface area contributed by atoms with Crippen molar-refractivity contribution in [2.75, 3.05) is 13.2 Å². The number of unbranched alkanes of at least 4 members (excludes halogenated alkanes) is 26. The molecular formula is C50H90O6. The van der Waals surface area contributed by atoms with Gasteiger partial charge in [-0.1, -0.05) is 205 Å². The van der Waals surface area contributed by atoms with Crippen molar-refractivity contribution >= 4 is 17.9 Å². The molecule has 0 saturated carbocycles. The predicted octanol–water partition coefficient (Wildman–Crippen LogP) is 15.4. The maximum absolute atomic E-state index is 12.6. The van der Waals surface area contributed by atoms with Crippen LogP contribution in [0.4, 0.5) is 0 Å². The van der Waals surface area contributed by atoms with Crippen molar-refractivity contribution in [3.05, 3.63) is 36.5 Å². The number of rotatable bonds is 43. The third-order valence-electron chi connectivity index (χ3n) is 10.4. The van der Waals surface area contributed by atoms with Crippen molar-refractivity contribution in [2.24, 2.45) is 0 Å². The first-order valence-corrected chi connectivity index (χ1v) is 24.0. The van der Waals surface area contributed by atoms with Gasteiger partial charge in [-0.2, -0.15) is 0 Å². The van der Waals surface area contributed by atoms with Gasteiger partial charge in [0.25, 0.3) is 0 Å². The average Bonchev–Trinajstić information content (AvgIpc) is 3.19. The monoisotopic (exact) mass is 787 g/mol. The van der Waals surface area contributed by atoms with Crippen LogP contribution >= 0.6 is 0 Å². The van der Waals surface area contributed by atoms with Crippen molar-refractivity contribution in [3.63, 3.8) is 0 Å². The zero-order valence-corrected chi connectivity index (χ0v) is 37.2. The van der Waals surface area contributed by atoms with Gasteiger partial charge in [0.1, 0.15) is 13.2 Å². The first-order valence-electron chi connectivity index (χ1n) is 24.0. The Kier molecular flexibility index (Phi) is 43.4. The molecule has 6 heteroatoms. The highest BCUT2D eigenvalue weighted by molar-refractivity contribution is 5.71. The van der Waals surface area contributed by atoms with Crippen molar-refractivity contribution in [2.45, 2.75) is 252 Å². The molecular weight excluding hydrogens is 697 g/mol. The number of ether oxygens (including phenoxy) is 3. The summed E-state index contributed by atoms with van der Waals surface area (Å²) >= 11 is 0. The lowest BCUT2D eigenvalue weighted by Crippen LogP contribution is -2.30. The average molecular weight is 787 g/mol. The molecule has 56 heavy (non-hydrogen) atoms. The van der Waals surface area contributed by atoms with E-state index in [0.717, 1.165) is 77.0 Å². The van der Waals surface area contributed by atoms with E-state index >= 15 is 0 Å². The molecule has 1 unspecified atom stereocenters. The Hall–Kier alpha value is -2.37. The Morgan fingerprint density at radius 2 is 0.643 bits per heavy atom. The molecule has 0 bridgehead atoms. The van der Waals surface area contributed by atoms with Gasteiger partial charge in [-0.05, 0) is 57.8 Å². The van der Waals surface area contributed by atoms with Crippen LogP contribution in [0.25, 0.3) is 0 Å². The summed E-state index contributed by atoms with van der Waals surface area (Å²) in [6.07, 6.45) is 51.5. The smallest absolute Gasteiger partial charge is 0.306 e. The predicted molar refractivity (Wildman–Crippen MR) is 238 cm³/mol. The fourth-order valence-corrected chi connectivity index (χ4v) is 6.74. The van der Waals surface area contributed by atoms with Gasteiger partial charge in [-0.25, -0.2) is 0 Å². The minimum absolute atomic E-state index is 0.0726. The molecule has 326 valence electrons. The molecule has 6 nitrogen and oxygen atoms in total. The fourth-order valence-electron chi connectivity index (χ4n) is 6.74. The van der Waals surface area contributed by atoms with E-state index in [2.05, 4.69) is 57.2 Å². The molecule has 0 fully saturated rings. The lowest BCUT2D eigenvalue weighted by molar-refractivity contribution is -0.167. The molecule has 0 radical (unpaired) electrons. The minimum atomic E-state index is -0.766. The van der Waals surface area contributed by atoms with Crippen molar-refractivity contribution in [1.29, 1.82) is 0 Å². The van der Waals surface area contributed by atoms with Gasteiger partial charge < -0.3 is 14.2 Å². The van der Waals surface area contributed by atoms with Gasteiger partial charge in [0, 0.05) is 19.3 Å². The van der Waals surface area contributed by atoms with Gasteiger partial charge in [0.05, 0.1) is 0 Å². The van der Waals surface area contributed by atoms with Gasteiger partial charge in [0.2, 0.25) is 0 Å². The third kappa shape index (κ3) is 42.8. The number of hydrogen-bond acceptors (Lipinski definition) is 6. The number of esters is 3. The van der Waals surface area contributed by atoms with Crippen LogP contribution in [0.2, 0.25) is 0 Å². The maximum atomic E-state index is 12.6. The van der Waals surface area contributed by atoms with Gasteiger partial charge in [-0.15, -0.1) is 0 Å². The maximum Gasteiger partial charge on any atom is 0.306 e. The van der Waals surface area contributed by atoms with Crippen LogP contribution in [0.3, 0.4) is 0 Å². The number of hydrogen-bond donors (Lipinski definition) is 0. The van der Waals surface area contributed by atoms with Gasteiger partial charge >= 0.3 is 17.9 Å². The Labute approximate surface area is 346 Å². The fraction of sp³-hybridized carbons (Fsp3) is 0.820. The highest BCUT2D eigenvalue weighted by Gasteiger charge is 2.19. The summed E-state index contributed by atoms with van der Waals surface area (Å²) in [6.45, 7) is 6.55. The summed E-state index contributed by atoms with van der Waals surface area (Å²) in [5.41, 5.74) is 0. The molecule has 0 aromatic carbocycles. The van der Waals surface area contributed by atoms with E-state index < -0.39 is 6.10 Å². The highest BCUT2D eigenvalue weighted by atomic mass is 16.6. The number of carbonyl (C=O) groups excluding carboxylic acids is 3. The number of carbonyl (C=O) groups is 3. The summed E-state index contributed by atoms with van der Waals surface area (Å²) in [5.74, 6) is -0.888. The first kappa shape index (κ1) is 53.6. The molecule has 0 amide bonds. The standard InChI is InChI=1S/C50H90O6/c1-4-7-10-13-16-18-19-20-21-22-23-24-25-26-27-28-29-30-31-32-35-37-40-43-49(52)55-46-47(45-54-48(51)42-39-36-33-15-12-9-6-3)56-50(53)44-41-38-34-17-14-11-8-5-2/h19-20,22-23,25-26,47H,4-18,21,24,27-46H2,1-3H3/b20-19-,23-22-,26-25-. The third-order valence-corrected chi connectivity index (χ3v) is 10.4. The normalized spacial score (nSPS) is 12.3. The van der Waals surface area contributed by atoms with E-state index in [1.165, 1.54) is 128 Å². The SMILES string of the molecule is CCCCCCC/C=C\C/C=C\C/C=C\CCCCCCCCCCC(=O)OCC(COC(=O)CCCCCCCCC)OC(=O)CCCCCCCCCC. The van der Waals surface area contributed by atoms with E-state index in [1.54, 1.807) is 0 Å². The molecule has 0 aliphatic heterocycles. The van der Waals surface area contributed by atoms with E-state index in [-0.39, 0.29) is 31.1 Å². The van der Waals surface area contributed by atoms with Crippen molar-refractivity contribution in [3.8, 4) is 0 Å². The Morgan fingerprint density at radius 3 is 1.00 bits per heavy atom. The summed E-state index contributed by atoms with van der Waals surface area (Å²) in [6, 6.07) is 0. The number of allylic oxidation sites excluding steroid dienone is 6. The second kappa shape index (κ2) is 45.3.